The Bertz CT molecular complexity index is 326. The van der Waals surface area contributed by atoms with Gasteiger partial charge in [0.25, 0.3) is 0 Å². The number of ether oxygens (including phenoxy) is 2. The standard InChI is InChI=1S/C17H31NO3/c1-3-21-16(19)17(2,18-15-8-9-15)11-5-12-20-13-10-14-6-4-7-14/h14-15,18H,3-13H2,1-2H3. The maximum absolute atomic E-state index is 12.2. The Morgan fingerprint density at radius 3 is 2.57 bits per heavy atom. The number of carbonyl (C=O) groups is 1. The van der Waals surface area contributed by atoms with Crippen LogP contribution < -0.4 is 5.32 Å². The first kappa shape index (κ1) is 16.8. The van der Waals surface area contributed by atoms with Gasteiger partial charge >= 0.3 is 5.97 Å². The maximum atomic E-state index is 12.2. The molecule has 0 aromatic heterocycles. The van der Waals surface area contributed by atoms with Crippen LogP contribution in [0.3, 0.4) is 0 Å². The summed E-state index contributed by atoms with van der Waals surface area (Å²) in [5, 5.41) is 3.45. The van der Waals surface area contributed by atoms with E-state index in [0.29, 0.717) is 12.6 Å². The van der Waals surface area contributed by atoms with Crippen molar-refractivity contribution in [2.45, 2.75) is 76.8 Å². The highest BCUT2D eigenvalue weighted by Crippen LogP contribution is 2.29. The van der Waals surface area contributed by atoms with Crippen molar-refractivity contribution in [2.75, 3.05) is 19.8 Å². The van der Waals surface area contributed by atoms with Crippen LogP contribution in [0.15, 0.2) is 0 Å². The van der Waals surface area contributed by atoms with Gasteiger partial charge in [-0.1, -0.05) is 19.3 Å². The van der Waals surface area contributed by atoms with Crippen LogP contribution >= 0.6 is 0 Å². The second kappa shape index (κ2) is 8.14. The lowest BCUT2D eigenvalue weighted by atomic mass is 9.83. The fourth-order valence-corrected chi connectivity index (χ4v) is 2.86. The highest BCUT2D eigenvalue weighted by molar-refractivity contribution is 5.80. The quantitative estimate of drug-likeness (QED) is 0.470. The minimum atomic E-state index is -0.547. The molecule has 1 atom stereocenters. The first-order valence-corrected chi connectivity index (χ1v) is 8.66. The van der Waals surface area contributed by atoms with E-state index >= 15 is 0 Å². The van der Waals surface area contributed by atoms with Gasteiger partial charge in [0.05, 0.1) is 6.61 Å². The summed E-state index contributed by atoms with van der Waals surface area (Å²) in [6.45, 7) is 5.89. The van der Waals surface area contributed by atoms with E-state index in [9.17, 15) is 4.79 Å². The number of rotatable bonds is 11. The molecule has 0 aromatic carbocycles. The van der Waals surface area contributed by atoms with Gasteiger partial charge in [0.2, 0.25) is 0 Å². The lowest BCUT2D eigenvalue weighted by Crippen LogP contribution is -2.51. The molecule has 2 saturated carbocycles. The van der Waals surface area contributed by atoms with Crippen molar-refractivity contribution in [3.63, 3.8) is 0 Å². The SMILES string of the molecule is CCOC(=O)C(C)(CCCOCCC1CCC1)NC1CC1. The van der Waals surface area contributed by atoms with Crippen LogP contribution in [0.25, 0.3) is 0 Å². The Morgan fingerprint density at radius 1 is 1.24 bits per heavy atom. The van der Waals surface area contributed by atoms with Gasteiger partial charge in [0.15, 0.2) is 0 Å². The molecule has 122 valence electrons. The van der Waals surface area contributed by atoms with E-state index in [1.54, 1.807) is 0 Å². The summed E-state index contributed by atoms with van der Waals surface area (Å²) in [6, 6.07) is 0.499. The summed E-state index contributed by atoms with van der Waals surface area (Å²) in [7, 11) is 0. The molecule has 2 aliphatic carbocycles. The zero-order valence-electron chi connectivity index (χ0n) is 13.7. The van der Waals surface area contributed by atoms with E-state index in [2.05, 4.69) is 5.32 Å². The van der Waals surface area contributed by atoms with Crippen molar-refractivity contribution in [3.8, 4) is 0 Å². The normalized spacial score (nSPS) is 21.6. The smallest absolute Gasteiger partial charge is 0.326 e. The van der Waals surface area contributed by atoms with Crippen LogP contribution in [0.1, 0.15) is 65.2 Å². The number of hydrogen-bond acceptors (Lipinski definition) is 4. The van der Waals surface area contributed by atoms with E-state index in [1.807, 2.05) is 13.8 Å². The fraction of sp³-hybridized carbons (Fsp3) is 0.941. The molecule has 0 spiro atoms. The number of esters is 1. The fourth-order valence-electron chi connectivity index (χ4n) is 2.86. The van der Waals surface area contributed by atoms with Crippen LogP contribution in [-0.2, 0) is 14.3 Å². The topological polar surface area (TPSA) is 47.6 Å². The van der Waals surface area contributed by atoms with E-state index in [4.69, 9.17) is 9.47 Å². The molecule has 0 aliphatic heterocycles. The third kappa shape index (κ3) is 5.59. The molecule has 4 heteroatoms. The van der Waals surface area contributed by atoms with Gasteiger partial charge in [-0.3, -0.25) is 10.1 Å². The summed E-state index contributed by atoms with van der Waals surface area (Å²) < 4.78 is 10.9. The van der Waals surface area contributed by atoms with E-state index in [-0.39, 0.29) is 5.97 Å². The number of carbonyl (C=O) groups excluding carboxylic acids is 1. The van der Waals surface area contributed by atoms with Crippen molar-refractivity contribution in [3.05, 3.63) is 0 Å². The van der Waals surface area contributed by atoms with E-state index in [1.165, 1.54) is 38.5 Å². The van der Waals surface area contributed by atoms with Gasteiger partial charge in [0.1, 0.15) is 5.54 Å². The van der Waals surface area contributed by atoms with Crippen LogP contribution in [0.5, 0.6) is 0 Å². The molecule has 0 bridgehead atoms. The predicted molar refractivity (Wildman–Crippen MR) is 83.2 cm³/mol. The number of nitrogens with one attached hydrogen (secondary N) is 1. The van der Waals surface area contributed by atoms with Gasteiger partial charge in [0, 0.05) is 19.3 Å². The highest BCUT2D eigenvalue weighted by atomic mass is 16.5. The average Bonchev–Trinajstić information content (AvgIpc) is 3.19. The maximum Gasteiger partial charge on any atom is 0.326 e. The largest absolute Gasteiger partial charge is 0.465 e. The zero-order chi connectivity index (χ0) is 15.1. The molecular formula is C17H31NO3. The zero-order valence-corrected chi connectivity index (χ0v) is 13.7. The summed E-state index contributed by atoms with van der Waals surface area (Å²) in [6.07, 6.45) is 9.40. The monoisotopic (exact) mass is 297 g/mol. The summed E-state index contributed by atoms with van der Waals surface area (Å²) in [5.41, 5.74) is -0.547. The average molecular weight is 297 g/mol. The second-order valence-corrected chi connectivity index (χ2v) is 6.77. The predicted octanol–water partition coefficient (Wildman–Crippen LogP) is 3.05. The minimum absolute atomic E-state index is 0.119. The third-order valence-electron chi connectivity index (χ3n) is 4.69. The van der Waals surface area contributed by atoms with Crippen molar-refractivity contribution in [1.82, 2.24) is 5.32 Å². The van der Waals surface area contributed by atoms with Crippen LogP contribution in [0, 0.1) is 5.92 Å². The van der Waals surface area contributed by atoms with Crippen molar-refractivity contribution in [1.29, 1.82) is 0 Å². The molecule has 0 saturated heterocycles. The Labute approximate surface area is 129 Å². The van der Waals surface area contributed by atoms with Gasteiger partial charge in [-0.25, -0.2) is 0 Å². The molecule has 1 unspecified atom stereocenters. The lowest BCUT2D eigenvalue weighted by molar-refractivity contribution is -0.151. The molecule has 2 fully saturated rings. The van der Waals surface area contributed by atoms with Crippen LogP contribution in [-0.4, -0.2) is 37.4 Å². The molecule has 0 heterocycles. The van der Waals surface area contributed by atoms with E-state index < -0.39 is 5.54 Å². The lowest BCUT2D eigenvalue weighted by Gasteiger charge is -2.29. The van der Waals surface area contributed by atoms with Crippen LogP contribution in [0.4, 0.5) is 0 Å². The molecule has 2 aliphatic rings. The minimum Gasteiger partial charge on any atom is -0.465 e. The molecule has 0 aromatic rings. The summed E-state index contributed by atoms with van der Waals surface area (Å²) in [5.74, 6) is 0.790. The molecule has 21 heavy (non-hydrogen) atoms. The van der Waals surface area contributed by atoms with Crippen molar-refractivity contribution < 1.29 is 14.3 Å². The molecule has 0 radical (unpaired) electrons. The van der Waals surface area contributed by atoms with Crippen molar-refractivity contribution in [2.24, 2.45) is 5.92 Å². The Kier molecular flexibility index (Phi) is 6.49. The Morgan fingerprint density at radius 2 is 2.00 bits per heavy atom. The summed E-state index contributed by atoms with van der Waals surface area (Å²) in [4.78, 5) is 12.2. The van der Waals surface area contributed by atoms with Gasteiger partial charge in [-0.15, -0.1) is 0 Å². The molecule has 2 rings (SSSR count). The molecule has 4 nitrogen and oxygen atoms in total. The van der Waals surface area contributed by atoms with Crippen molar-refractivity contribution >= 4 is 5.97 Å². The second-order valence-electron chi connectivity index (χ2n) is 6.77. The Hall–Kier alpha value is -0.610. The first-order valence-electron chi connectivity index (χ1n) is 8.66. The molecule has 0 amide bonds. The van der Waals surface area contributed by atoms with E-state index in [0.717, 1.165) is 32.0 Å². The highest BCUT2D eigenvalue weighted by Gasteiger charge is 2.39. The third-order valence-corrected chi connectivity index (χ3v) is 4.69. The van der Waals surface area contributed by atoms with Gasteiger partial charge < -0.3 is 9.47 Å². The molecule has 1 N–H and O–H groups in total. The summed E-state index contributed by atoms with van der Waals surface area (Å²) >= 11 is 0. The van der Waals surface area contributed by atoms with Gasteiger partial charge in [-0.2, -0.15) is 0 Å². The van der Waals surface area contributed by atoms with Gasteiger partial charge in [-0.05, 0) is 51.9 Å². The Balaban J connectivity index is 1.61. The van der Waals surface area contributed by atoms with Crippen LogP contribution in [0.2, 0.25) is 0 Å². The molecular weight excluding hydrogens is 266 g/mol. The number of hydrogen-bond donors (Lipinski definition) is 1. The first-order chi connectivity index (χ1) is 10.1.